The molecule has 0 aliphatic heterocycles. The molecule has 3 heterocycles. The van der Waals surface area contributed by atoms with Gasteiger partial charge in [-0.15, -0.1) is 11.3 Å². The lowest BCUT2D eigenvalue weighted by molar-refractivity contribution is 1.16. The van der Waals surface area contributed by atoms with E-state index in [4.69, 9.17) is 9.97 Å². The van der Waals surface area contributed by atoms with Crippen LogP contribution in [0.2, 0.25) is 0 Å². The number of hydrogen-bond donors (Lipinski definition) is 0. The maximum absolute atomic E-state index is 9.57. The molecule has 0 unspecified atom stereocenters. The van der Waals surface area contributed by atoms with Crippen LogP contribution in [-0.2, 0) is 0 Å². The molecule has 9 rings (SSSR count). The highest BCUT2D eigenvalue weighted by Crippen LogP contribution is 2.43. The molecule has 214 valence electrons. The molecule has 0 spiro atoms. The number of aromatic nitrogens is 3. The van der Waals surface area contributed by atoms with Gasteiger partial charge in [0.15, 0.2) is 5.82 Å². The summed E-state index contributed by atoms with van der Waals surface area (Å²) >= 11 is 1.85. The van der Waals surface area contributed by atoms with Gasteiger partial charge in [0.2, 0.25) is 0 Å². The third kappa shape index (κ3) is 4.20. The summed E-state index contributed by atoms with van der Waals surface area (Å²) in [7, 11) is 0. The third-order valence-electron chi connectivity index (χ3n) is 8.63. The molecule has 0 aliphatic carbocycles. The topological polar surface area (TPSA) is 54.5 Å². The summed E-state index contributed by atoms with van der Waals surface area (Å²) in [5, 5.41) is 14.6. The first-order valence-electron chi connectivity index (χ1n) is 15.1. The monoisotopic (exact) mass is 604 g/mol. The third-order valence-corrected chi connectivity index (χ3v) is 9.82. The number of thiophene rings is 1. The molecular formula is C41H24N4S. The maximum atomic E-state index is 9.57. The molecule has 0 fully saturated rings. The minimum Gasteiger partial charge on any atom is -0.308 e. The first kappa shape index (κ1) is 26.3. The molecule has 3 aromatic heterocycles. The van der Waals surface area contributed by atoms with Gasteiger partial charge in [0.25, 0.3) is 0 Å². The molecule has 0 saturated heterocycles. The molecule has 0 N–H and O–H groups in total. The lowest BCUT2D eigenvalue weighted by Crippen LogP contribution is -1.98. The van der Waals surface area contributed by atoms with Crippen LogP contribution < -0.4 is 0 Å². The second-order valence-corrected chi connectivity index (χ2v) is 12.4. The highest BCUT2D eigenvalue weighted by molar-refractivity contribution is 7.26. The van der Waals surface area contributed by atoms with Gasteiger partial charge in [-0.05, 0) is 42.5 Å². The van der Waals surface area contributed by atoms with Gasteiger partial charge in [-0.1, -0.05) is 103 Å². The van der Waals surface area contributed by atoms with Crippen LogP contribution in [0.4, 0.5) is 0 Å². The van der Waals surface area contributed by atoms with Crippen molar-refractivity contribution < 1.29 is 0 Å². The van der Waals surface area contributed by atoms with Crippen molar-refractivity contribution in [1.82, 2.24) is 14.5 Å². The Kier molecular flexibility index (Phi) is 6.02. The molecule has 0 saturated carbocycles. The van der Waals surface area contributed by atoms with E-state index >= 15 is 0 Å². The van der Waals surface area contributed by atoms with Gasteiger partial charge in [-0.25, -0.2) is 9.97 Å². The second kappa shape index (κ2) is 10.5. The minimum absolute atomic E-state index is 0.597. The van der Waals surface area contributed by atoms with Crippen LogP contribution in [-0.4, -0.2) is 14.5 Å². The van der Waals surface area contributed by atoms with Crippen molar-refractivity contribution in [3.05, 3.63) is 151 Å². The zero-order valence-electron chi connectivity index (χ0n) is 24.6. The molecule has 0 bridgehead atoms. The second-order valence-electron chi connectivity index (χ2n) is 11.4. The fourth-order valence-electron chi connectivity index (χ4n) is 6.51. The van der Waals surface area contributed by atoms with E-state index in [-0.39, 0.29) is 0 Å². The van der Waals surface area contributed by atoms with Crippen molar-refractivity contribution in [3.63, 3.8) is 0 Å². The Morgan fingerprint density at radius 3 is 2.11 bits per heavy atom. The van der Waals surface area contributed by atoms with Gasteiger partial charge in [0.05, 0.1) is 38.8 Å². The van der Waals surface area contributed by atoms with Crippen LogP contribution in [0.15, 0.2) is 146 Å². The van der Waals surface area contributed by atoms with Crippen LogP contribution in [0.1, 0.15) is 5.56 Å². The molecule has 0 aliphatic rings. The zero-order chi connectivity index (χ0) is 30.6. The number of nitriles is 1. The summed E-state index contributed by atoms with van der Waals surface area (Å²) in [6.07, 6.45) is 0. The molecule has 0 atom stereocenters. The van der Waals surface area contributed by atoms with E-state index in [1.807, 2.05) is 59.9 Å². The smallest absolute Gasteiger partial charge is 0.160 e. The van der Waals surface area contributed by atoms with Crippen molar-refractivity contribution >= 4 is 53.3 Å². The predicted molar refractivity (Wildman–Crippen MR) is 190 cm³/mol. The van der Waals surface area contributed by atoms with Crippen LogP contribution in [0.25, 0.3) is 81.6 Å². The van der Waals surface area contributed by atoms with E-state index in [1.165, 1.54) is 36.5 Å². The average molecular weight is 605 g/mol. The van der Waals surface area contributed by atoms with Crippen LogP contribution >= 0.6 is 11.3 Å². The Morgan fingerprint density at radius 1 is 0.543 bits per heavy atom. The van der Waals surface area contributed by atoms with E-state index in [1.54, 1.807) is 0 Å². The van der Waals surface area contributed by atoms with Gasteiger partial charge < -0.3 is 4.57 Å². The number of benzene rings is 6. The lowest BCUT2D eigenvalue weighted by Gasteiger charge is -2.12. The average Bonchev–Trinajstić information content (AvgIpc) is 3.68. The van der Waals surface area contributed by atoms with Crippen molar-refractivity contribution in [2.75, 3.05) is 0 Å². The summed E-state index contributed by atoms with van der Waals surface area (Å²) < 4.78 is 4.96. The normalized spacial score (nSPS) is 11.5. The highest BCUT2D eigenvalue weighted by Gasteiger charge is 2.18. The fraction of sp³-hybridized carbons (Fsp3) is 0. The SMILES string of the molecule is N#Cc1cccc(-c2cc(-c3ccccc3)nc(-c3cccc(-n4c5ccccc5c5ccc6c7ccccc7sc6c54)c3)n2)c1. The molecule has 46 heavy (non-hydrogen) atoms. The molecule has 9 aromatic rings. The van der Waals surface area contributed by atoms with E-state index in [0.29, 0.717) is 11.4 Å². The Morgan fingerprint density at radius 2 is 1.24 bits per heavy atom. The summed E-state index contributed by atoms with van der Waals surface area (Å²) in [5.74, 6) is 0.633. The first-order chi connectivity index (χ1) is 22.7. The van der Waals surface area contributed by atoms with Gasteiger partial charge >= 0.3 is 0 Å². The number of hydrogen-bond acceptors (Lipinski definition) is 4. The summed E-state index contributed by atoms with van der Waals surface area (Å²) in [6, 6.07) is 52.4. The van der Waals surface area contributed by atoms with Crippen LogP contribution in [0.3, 0.4) is 0 Å². The first-order valence-corrected chi connectivity index (χ1v) is 16.0. The lowest BCUT2D eigenvalue weighted by atomic mass is 10.0. The van der Waals surface area contributed by atoms with E-state index in [9.17, 15) is 5.26 Å². The van der Waals surface area contributed by atoms with Crippen molar-refractivity contribution in [2.24, 2.45) is 0 Å². The van der Waals surface area contributed by atoms with Gasteiger partial charge in [0, 0.05) is 48.6 Å². The number of fused-ring (bicyclic) bond motifs is 7. The predicted octanol–water partition coefficient (Wildman–Crippen LogP) is 10.8. The zero-order valence-corrected chi connectivity index (χ0v) is 25.4. The Labute approximate surface area is 269 Å². The largest absolute Gasteiger partial charge is 0.308 e. The molecule has 4 nitrogen and oxygen atoms in total. The van der Waals surface area contributed by atoms with Crippen LogP contribution in [0, 0.1) is 11.3 Å². The molecule has 0 radical (unpaired) electrons. The molecule has 0 amide bonds. The number of rotatable bonds is 4. The van der Waals surface area contributed by atoms with Gasteiger partial charge in [-0.3, -0.25) is 0 Å². The fourth-order valence-corrected chi connectivity index (χ4v) is 7.75. The number of nitrogens with zero attached hydrogens (tertiary/aromatic N) is 4. The Bertz CT molecular complexity index is 2660. The highest BCUT2D eigenvalue weighted by atomic mass is 32.1. The minimum atomic E-state index is 0.597. The number of para-hydroxylation sites is 1. The van der Waals surface area contributed by atoms with E-state index < -0.39 is 0 Å². The molecule has 5 heteroatoms. The standard InChI is InChI=1S/C41H24N4S/c42-25-26-10-8-13-28(22-26)36-24-35(27-11-2-1-3-12-27)43-41(44-36)29-14-9-15-30(23-29)45-37-18-6-4-16-31(37)33-20-21-34-32-17-5-7-19-38(32)46-40(34)39(33)45/h1-24H. The van der Waals surface area contributed by atoms with Crippen molar-refractivity contribution in [2.45, 2.75) is 0 Å². The van der Waals surface area contributed by atoms with Gasteiger partial charge in [0.1, 0.15) is 0 Å². The summed E-state index contributed by atoms with van der Waals surface area (Å²) in [6.45, 7) is 0. The molecule has 6 aromatic carbocycles. The Hall–Kier alpha value is -6.09. The van der Waals surface area contributed by atoms with Crippen LogP contribution in [0.5, 0.6) is 0 Å². The maximum Gasteiger partial charge on any atom is 0.160 e. The van der Waals surface area contributed by atoms with Gasteiger partial charge in [-0.2, -0.15) is 5.26 Å². The van der Waals surface area contributed by atoms with Crippen molar-refractivity contribution in [3.8, 4) is 45.7 Å². The van der Waals surface area contributed by atoms with E-state index in [0.717, 1.165) is 39.3 Å². The van der Waals surface area contributed by atoms with E-state index in [2.05, 4.69) is 108 Å². The Balaban J connectivity index is 1.29. The summed E-state index contributed by atoms with van der Waals surface area (Å²) in [5.41, 5.74) is 8.43. The quantitative estimate of drug-likeness (QED) is 0.201. The van der Waals surface area contributed by atoms with Crippen molar-refractivity contribution in [1.29, 1.82) is 5.26 Å². The summed E-state index contributed by atoms with van der Waals surface area (Å²) in [4.78, 5) is 10.2. The molecular weight excluding hydrogens is 581 g/mol.